The maximum Gasteiger partial charge on any atom is 0.224 e. The Morgan fingerprint density at radius 1 is 1.26 bits per heavy atom. The van der Waals surface area contributed by atoms with E-state index >= 15 is 0 Å². The van der Waals surface area contributed by atoms with E-state index in [2.05, 4.69) is 33.5 Å². The van der Waals surface area contributed by atoms with Crippen LogP contribution in [0.15, 0.2) is 48.5 Å². The minimum atomic E-state index is 0.121. The van der Waals surface area contributed by atoms with E-state index in [1.807, 2.05) is 37.3 Å². The van der Waals surface area contributed by atoms with Crippen molar-refractivity contribution in [3.05, 3.63) is 65.5 Å². The first-order chi connectivity index (χ1) is 11.2. The monoisotopic (exact) mass is 305 g/mol. The summed E-state index contributed by atoms with van der Waals surface area (Å²) in [6, 6.07) is 16.3. The van der Waals surface area contributed by atoms with Crippen molar-refractivity contribution in [2.45, 2.75) is 25.8 Å². The molecule has 23 heavy (non-hydrogen) atoms. The van der Waals surface area contributed by atoms with Crippen LogP contribution in [0.3, 0.4) is 0 Å². The second-order valence-electron chi connectivity index (χ2n) is 6.25. The van der Waals surface area contributed by atoms with Gasteiger partial charge in [-0.05, 0) is 42.5 Å². The number of carbonyl (C=O) groups excluding carboxylic acids is 1. The minimum Gasteiger partial charge on any atom is -0.352 e. The molecule has 116 valence electrons. The molecule has 0 unspecified atom stereocenters. The topological polar surface area (TPSA) is 57.8 Å². The van der Waals surface area contributed by atoms with Crippen LogP contribution in [0.1, 0.15) is 29.3 Å². The molecule has 1 heterocycles. The molecular formula is C19H19N3O. The fourth-order valence-electron chi connectivity index (χ4n) is 3.17. The molecule has 0 spiro atoms. The number of fused-ring (bicyclic) bond motifs is 1. The molecule has 4 heteroatoms. The Morgan fingerprint density at radius 3 is 2.91 bits per heavy atom. The number of H-pyrrole nitrogens is 1. The largest absolute Gasteiger partial charge is 0.352 e. The molecule has 2 aromatic carbocycles. The average molecular weight is 305 g/mol. The summed E-state index contributed by atoms with van der Waals surface area (Å²) in [6.07, 6.45) is 0.953. The fourth-order valence-corrected chi connectivity index (χ4v) is 3.17. The molecular weight excluding hydrogens is 286 g/mol. The van der Waals surface area contributed by atoms with Crippen molar-refractivity contribution >= 4 is 16.9 Å². The van der Waals surface area contributed by atoms with E-state index in [1.54, 1.807) is 0 Å². The number of aromatic amines is 1. The molecule has 1 aliphatic carbocycles. The van der Waals surface area contributed by atoms with Crippen LogP contribution in [0.4, 0.5) is 0 Å². The van der Waals surface area contributed by atoms with Gasteiger partial charge in [0.2, 0.25) is 5.91 Å². The van der Waals surface area contributed by atoms with Gasteiger partial charge in [0.05, 0.1) is 11.0 Å². The van der Waals surface area contributed by atoms with Crippen molar-refractivity contribution in [3.8, 4) is 0 Å². The number of benzene rings is 2. The van der Waals surface area contributed by atoms with Crippen molar-refractivity contribution in [2.75, 3.05) is 0 Å². The van der Waals surface area contributed by atoms with Crippen LogP contribution < -0.4 is 5.32 Å². The Kier molecular flexibility index (Phi) is 3.37. The number of nitrogens with zero attached hydrogens (tertiary/aromatic N) is 1. The number of aromatic nitrogens is 2. The van der Waals surface area contributed by atoms with Gasteiger partial charge in [-0.3, -0.25) is 4.79 Å². The van der Waals surface area contributed by atoms with Gasteiger partial charge in [0.1, 0.15) is 5.82 Å². The Balaban J connectivity index is 1.38. The van der Waals surface area contributed by atoms with Crippen molar-refractivity contribution in [1.82, 2.24) is 15.3 Å². The molecule has 0 radical (unpaired) electrons. The van der Waals surface area contributed by atoms with Crippen LogP contribution in [0.5, 0.6) is 0 Å². The van der Waals surface area contributed by atoms with Crippen LogP contribution in [0, 0.1) is 12.8 Å². The van der Waals surface area contributed by atoms with Gasteiger partial charge in [-0.15, -0.1) is 0 Å². The first-order valence-corrected chi connectivity index (χ1v) is 7.98. The molecule has 1 fully saturated rings. The Labute approximate surface area is 134 Å². The van der Waals surface area contributed by atoms with E-state index in [0.717, 1.165) is 28.8 Å². The molecule has 4 nitrogen and oxygen atoms in total. The highest BCUT2D eigenvalue weighted by Gasteiger charge is 2.43. The predicted molar refractivity (Wildman–Crippen MR) is 90.0 cm³/mol. The summed E-state index contributed by atoms with van der Waals surface area (Å²) >= 11 is 0. The summed E-state index contributed by atoms with van der Waals surface area (Å²) in [5, 5.41) is 3.06. The van der Waals surface area contributed by atoms with Gasteiger partial charge in [-0.25, -0.2) is 4.98 Å². The number of aryl methyl sites for hydroxylation is 1. The number of rotatable bonds is 4. The lowest BCUT2D eigenvalue weighted by Crippen LogP contribution is -2.24. The lowest BCUT2D eigenvalue weighted by Gasteiger charge is -2.05. The average Bonchev–Trinajstić information content (AvgIpc) is 3.28. The maximum absolute atomic E-state index is 12.3. The molecule has 4 rings (SSSR count). The molecule has 0 saturated heterocycles. The standard InChI is InChI=1S/C19H19N3O/c1-12-21-17-8-7-13(9-18(17)22-12)11-20-19(23)16-10-15(16)14-5-3-2-4-6-14/h2-9,15-16H,10-11H2,1H3,(H,20,23)(H,21,22)/t15-,16+/m0/s1. The highest BCUT2D eigenvalue weighted by Crippen LogP contribution is 2.47. The highest BCUT2D eigenvalue weighted by atomic mass is 16.2. The van der Waals surface area contributed by atoms with Gasteiger partial charge < -0.3 is 10.3 Å². The normalized spacial score (nSPS) is 19.7. The molecule has 3 aromatic rings. The molecule has 1 amide bonds. The summed E-state index contributed by atoms with van der Waals surface area (Å²) < 4.78 is 0. The molecule has 0 aliphatic heterocycles. The Bertz CT molecular complexity index is 853. The van der Waals surface area contributed by atoms with Crippen LogP contribution in [-0.2, 0) is 11.3 Å². The summed E-state index contributed by atoms with van der Waals surface area (Å²) in [6.45, 7) is 2.50. The first-order valence-electron chi connectivity index (χ1n) is 7.98. The Morgan fingerprint density at radius 2 is 2.09 bits per heavy atom. The van der Waals surface area contributed by atoms with Crippen molar-refractivity contribution in [3.63, 3.8) is 0 Å². The van der Waals surface area contributed by atoms with Crippen LogP contribution in [-0.4, -0.2) is 15.9 Å². The zero-order valence-electron chi connectivity index (χ0n) is 13.0. The van der Waals surface area contributed by atoms with E-state index < -0.39 is 0 Å². The summed E-state index contributed by atoms with van der Waals surface area (Å²) in [7, 11) is 0. The van der Waals surface area contributed by atoms with E-state index in [4.69, 9.17) is 0 Å². The van der Waals surface area contributed by atoms with Gasteiger partial charge in [-0.1, -0.05) is 36.4 Å². The molecule has 2 atom stereocenters. The first kappa shape index (κ1) is 14.0. The number of nitrogens with one attached hydrogen (secondary N) is 2. The van der Waals surface area contributed by atoms with Crippen molar-refractivity contribution < 1.29 is 4.79 Å². The van der Waals surface area contributed by atoms with Crippen molar-refractivity contribution in [2.24, 2.45) is 5.92 Å². The molecule has 0 bridgehead atoms. The molecule has 2 N–H and O–H groups in total. The number of hydrogen-bond donors (Lipinski definition) is 2. The van der Waals surface area contributed by atoms with Gasteiger partial charge in [-0.2, -0.15) is 0 Å². The third kappa shape index (κ3) is 2.84. The van der Waals surface area contributed by atoms with E-state index in [-0.39, 0.29) is 11.8 Å². The summed E-state index contributed by atoms with van der Waals surface area (Å²) in [4.78, 5) is 19.9. The number of imidazole rings is 1. The third-order valence-corrected chi connectivity index (χ3v) is 4.49. The quantitative estimate of drug-likeness (QED) is 0.777. The van der Waals surface area contributed by atoms with Gasteiger partial charge in [0.25, 0.3) is 0 Å². The smallest absolute Gasteiger partial charge is 0.224 e. The van der Waals surface area contributed by atoms with Crippen LogP contribution in [0.2, 0.25) is 0 Å². The van der Waals surface area contributed by atoms with Gasteiger partial charge in [0.15, 0.2) is 0 Å². The predicted octanol–water partition coefficient (Wildman–Crippen LogP) is 3.29. The number of hydrogen-bond acceptors (Lipinski definition) is 2. The number of carbonyl (C=O) groups is 1. The zero-order chi connectivity index (χ0) is 15.8. The van der Waals surface area contributed by atoms with Crippen LogP contribution in [0.25, 0.3) is 11.0 Å². The second kappa shape index (κ2) is 5.54. The SMILES string of the molecule is Cc1nc2ccc(CNC(=O)[C@@H]3C[C@H]3c3ccccc3)cc2[nH]1. The van der Waals surface area contributed by atoms with Crippen LogP contribution >= 0.6 is 0 Å². The lowest BCUT2D eigenvalue weighted by molar-refractivity contribution is -0.122. The highest BCUT2D eigenvalue weighted by molar-refractivity contribution is 5.83. The second-order valence-corrected chi connectivity index (χ2v) is 6.25. The van der Waals surface area contributed by atoms with E-state index in [0.29, 0.717) is 12.5 Å². The Hall–Kier alpha value is -2.62. The van der Waals surface area contributed by atoms with Gasteiger partial charge >= 0.3 is 0 Å². The fraction of sp³-hybridized carbons (Fsp3) is 0.263. The minimum absolute atomic E-state index is 0.121. The van der Waals surface area contributed by atoms with Crippen molar-refractivity contribution in [1.29, 1.82) is 0 Å². The third-order valence-electron chi connectivity index (χ3n) is 4.49. The van der Waals surface area contributed by atoms with E-state index in [9.17, 15) is 4.79 Å². The van der Waals surface area contributed by atoms with E-state index in [1.165, 1.54) is 5.56 Å². The van der Waals surface area contributed by atoms with Gasteiger partial charge in [0, 0.05) is 12.5 Å². The lowest BCUT2D eigenvalue weighted by atomic mass is 10.1. The number of amides is 1. The molecule has 1 aliphatic rings. The summed E-state index contributed by atoms with van der Waals surface area (Å²) in [5.74, 6) is 1.56. The molecule has 1 saturated carbocycles. The maximum atomic E-state index is 12.3. The molecule has 1 aromatic heterocycles. The summed E-state index contributed by atoms with van der Waals surface area (Å²) in [5.41, 5.74) is 4.33. The zero-order valence-corrected chi connectivity index (χ0v) is 13.0.